The van der Waals surface area contributed by atoms with Crippen LogP contribution in [-0.4, -0.2) is 27.7 Å². The zero-order valence-electron chi connectivity index (χ0n) is 11.1. The summed E-state index contributed by atoms with van der Waals surface area (Å²) < 4.78 is 20.4. The molecule has 0 atom stereocenters. The van der Waals surface area contributed by atoms with Crippen LogP contribution in [0.25, 0.3) is 0 Å². The molecule has 106 valence electrons. The van der Waals surface area contributed by atoms with E-state index in [0.717, 1.165) is 28.7 Å². The van der Waals surface area contributed by atoms with E-state index in [9.17, 15) is 4.39 Å². The smallest absolute Gasteiger partial charge is 0.188 e. The fraction of sp³-hybridized carbons (Fsp3) is 0.429. The molecule has 0 spiro atoms. The number of aryl methyl sites for hydroxylation is 1. The van der Waals surface area contributed by atoms with E-state index in [0.29, 0.717) is 0 Å². The molecule has 3 rings (SSSR count). The molecule has 0 unspecified atom stereocenters. The molecule has 2 aromatic rings. The molecule has 4 nitrogen and oxygen atoms in total. The van der Waals surface area contributed by atoms with Crippen LogP contribution >= 0.6 is 15.9 Å². The summed E-state index contributed by atoms with van der Waals surface area (Å²) in [6, 6.07) is 8.15. The number of aromatic nitrogens is 3. The second-order valence-electron chi connectivity index (χ2n) is 5.16. The lowest BCUT2D eigenvalue weighted by Crippen LogP contribution is -2.48. The van der Waals surface area contributed by atoms with Gasteiger partial charge in [-0.25, -0.2) is 4.39 Å². The number of nitrogens with zero attached hydrogens (tertiary/aromatic N) is 3. The van der Waals surface area contributed by atoms with Gasteiger partial charge in [0.25, 0.3) is 0 Å². The monoisotopic (exact) mass is 339 g/mol. The molecular formula is C14H15BrFN3O. The lowest BCUT2D eigenvalue weighted by Gasteiger charge is -2.46. The standard InChI is InChI=1S/C14H15BrFN3O/c1-19-9-17-18-13(19)14(6-12(7-14)20-8-16)10-3-2-4-11(15)5-10/h2-5,9,12H,6-8H2,1H3. The average Bonchev–Trinajstić information content (AvgIpc) is 2.80. The Morgan fingerprint density at radius 1 is 1.50 bits per heavy atom. The average molecular weight is 340 g/mol. The van der Waals surface area contributed by atoms with Crippen LogP contribution < -0.4 is 0 Å². The largest absolute Gasteiger partial charge is 0.347 e. The number of ether oxygens (including phenoxy) is 1. The molecular weight excluding hydrogens is 325 g/mol. The van der Waals surface area contributed by atoms with Gasteiger partial charge in [-0.3, -0.25) is 0 Å². The molecule has 0 amide bonds. The molecule has 0 aliphatic heterocycles. The maximum atomic E-state index is 12.3. The molecule has 20 heavy (non-hydrogen) atoms. The molecule has 0 bridgehead atoms. The third-order valence-electron chi connectivity index (χ3n) is 3.97. The quantitative estimate of drug-likeness (QED) is 0.859. The maximum Gasteiger partial charge on any atom is 0.188 e. The summed E-state index contributed by atoms with van der Waals surface area (Å²) in [5, 5.41) is 8.23. The number of halogens is 2. The Morgan fingerprint density at radius 2 is 2.30 bits per heavy atom. The first-order valence-corrected chi connectivity index (χ1v) is 7.23. The first-order chi connectivity index (χ1) is 9.65. The highest BCUT2D eigenvalue weighted by atomic mass is 79.9. The van der Waals surface area contributed by atoms with Crippen molar-refractivity contribution in [1.29, 1.82) is 0 Å². The van der Waals surface area contributed by atoms with Crippen molar-refractivity contribution in [2.75, 3.05) is 6.86 Å². The SMILES string of the molecule is Cn1cnnc1C1(c2cccc(Br)c2)CC(OCF)C1. The van der Waals surface area contributed by atoms with Crippen molar-refractivity contribution >= 4 is 15.9 Å². The van der Waals surface area contributed by atoms with Crippen LogP contribution in [0.5, 0.6) is 0 Å². The molecule has 6 heteroatoms. The number of rotatable bonds is 4. The molecule has 1 aliphatic rings. The second-order valence-corrected chi connectivity index (χ2v) is 6.08. The van der Waals surface area contributed by atoms with Crippen molar-refractivity contribution < 1.29 is 9.13 Å². The molecule has 0 N–H and O–H groups in total. The van der Waals surface area contributed by atoms with Crippen molar-refractivity contribution in [3.05, 3.63) is 46.5 Å². The summed E-state index contributed by atoms with van der Waals surface area (Å²) in [4.78, 5) is 0. The summed E-state index contributed by atoms with van der Waals surface area (Å²) in [7, 11) is 1.93. The predicted molar refractivity (Wildman–Crippen MR) is 76.0 cm³/mol. The molecule has 1 aromatic carbocycles. The van der Waals surface area contributed by atoms with Crippen molar-refractivity contribution in [1.82, 2.24) is 14.8 Å². The zero-order chi connectivity index (χ0) is 14.2. The first kappa shape index (κ1) is 13.7. The van der Waals surface area contributed by atoms with Gasteiger partial charge in [-0.2, -0.15) is 0 Å². The minimum Gasteiger partial charge on any atom is -0.347 e. The molecule has 0 radical (unpaired) electrons. The van der Waals surface area contributed by atoms with E-state index in [1.165, 1.54) is 0 Å². The Balaban J connectivity index is 2.00. The van der Waals surface area contributed by atoms with Gasteiger partial charge < -0.3 is 9.30 Å². The topological polar surface area (TPSA) is 39.9 Å². The van der Waals surface area contributed by atoms with Gasteiger partial charge in [0, 0.05) is 11.5 Å². The summed E-state index contributed by atoms with van der Waals surface area (Å²) >= 11 is 3.50. The normalized spacial score (nSPS) is 25.4. The van der Waals surface area contributed by atoms with E-state index in [-0.39, 0.29) is 11.5 Å². The van der Waals surface area contributed by atoms with E-state index in [1.807, 2.05) is 23.7 Å². The van der Waals surface area contributed by atoms with Gasteiger partial charge in [0.15, 0.2) is 6.86 Å². The lowest BCUT2D eigenvalue weighted by molar-refractivity contribution is -0.0723. The van der Waals surface area contributed by atoms with E-state index in [4.69, 9.17) is 4.74 Å². The third-order valence-corrected chi connectivity index (χ3v) is 4.46. The van der Waals surface area contributed by atoms with Gasteiger partial charge in [0.05, 0.1) is 11.5 Å². The second kappa shape index (κ2) is 5.26. The molecule has 1 aliphatic carbocycles. The van der Waals surface area contributed by atoms with Crippen LogP contribution in [0.1, 0.15) is 24.2 Å². The maximum absolute atomic E-state index is 12.3. The van der Waals surface area contributed by atoms with E-state index >= 15 is 0 Å². The minimum atomic E-state index is -0.738. The van der Waals surface area contributed by atoms with Crippen LogP contribution in [0.3, 0.4) is 0 Å². The number of hydrogen-bond acceptors (Lipinski definition) is 3. The fourth-order valence-corrected chi connectivity index (χ4v) is 3.37. The van der Waals surface area contributed by atoms with Gasteiger partial charge in [-0.1, -0.05) is 28.1 Å². The van der Waals surface area contributed by atoms with Crippen LogP contribution in [0.4, 0.5) is 4.39 Å². The highest BCUT2D eigenvalue weighted by Crippen LogP contribution is 2.49. The summed E-state index contributed by atoms with van der Waals surface area (Å²) in [6.45, 7) is -0.738. The van der Waals surface area contributed by atoms with Crippen molar-refractivity contribution in [2.45, 2.75) is 24.4 Å². The molecule has 0 saturated heterocycles. The minimum absolute atomic E-state index is 0.0596. The van der Waals surface area contributed by atoms with Gasteiger partial charge in [-0.05, 0) is 30.5 Å². The summed E-state index contributed by atoms with van der Waals surface area (Å²) in [5.41, 5.74) is 0.913. The Hall–Kier alpha value is -1.27. The molecule has 1 saturated carbocycles. The Labute approximate surface area is 125 Å². The molecule has 1 fully saturated rings. The summed E-state index contributed by atoms with van der Waals surface area (Å²) in [6.07, 6.45) is 3.08. The van der Waals surface area contributed by atoms with Gasteiger partial charge in [-0.15, -0.1) is 10.2 Å². The van der Waals surface area contributed by atoms with E-state index in [2.05, 4.69) is 38.3 Å². The predicted octanol–water partition coefficient (Wildman–Crippen LogP) is 2.97. The third kappa shape index (κ3) is 2.16. The van der Waals surface area contributed by atoms with Gasteiger partial charge >= 0.3 is 0 Å². The lowest BCUT2D eigenvalue weighted by atomic mass is 9.62. The van der Waals surface area contributed by atoms with E-state index in [1.54, 1.807) is 6.33 Å². The van der Waals surface area contributed by atoms with Crippen molar-refractivity contribution in [3.8, 4) is 0 Å². The number of hydrogen-bond donors (Lipinski definition) is 0. The zero-order valence-corrected chi connectivity index (χ0v) is 12.7. The first-order valence-electron chi connectivity index (χ1n) is 6.44. The molecule has 1 aromatic heterocycles. The van der Waals surface area contributed by atoms with Crippen LogP contribution in [0, 0.1) is 0 Å². The summed E-state index contributed by atoms with van der Waals surface area (Å²) in [5.74, 6) is 0.898. The number of benzene rings is 1. The van der Waals surface area contributed by atoms with Crippen LogP contribution in [0.2, 0.25) is 0 Å². The van der Waals surface area contributed by atoms with Crippen LogP contribution in [0.15, 0.2) is 35.1 Å². The fourth-order valence-electron chi connectivity index (χ4n) is 2.97. The Bertz CT molecular complexity index is 610. The van der Waals surface area contributed by atoms with Crippen LogP contribution in [-0.2, 0) is 17.2 Å². The van der Waals surface area contributed by atoms with Crippen molar-refractivity contribution in [2.24, 2.45) is 7.05 Å². The number of alkyl halides is 1. The molecule has 1 heterocycles. The van der Waals surface area contributed by atoms with Crippen molar-refractivity contribution in [3.63, 3.8) is 0 Å². The van der Waals surface area contributed by atoms with Gasteiger partial charge in [0.2, 0.25) is 0 Å². The Morgan fingerprint density at radius 3 is 2.90 bits per heavy atom. The highest BCUT2D eigenvalue weighted by molar-refractivity contribution is 9.10. The van der Waals surface area contributed by atoms with Gasteiger partial charge in [0.1, 0.15) is 12.2 Å². The Kier molecular flexibility index (Phi) is 3.60. The van der Waals surface area contributed by atoms with E-state index < -0.39 is 6.86 Å². The highest BCUT2D eigenvalue weighted by Gasteiger charge is 2.50.